The molecule has 26 heavy (non-hydrogen) atoms. The molecule has 1 saturated carbocycles. The third-order valence-corrected chi connectivity index (χ3v) is 6.88. The molecule has 2 saturated heterocycles. The number of nitriles is 1. The Morgan fingerprint density at radius 2 is 2.04 bits per heavy atom. The molecule has 2 aliphatic heterocycles. The van der Waals surface area contributed by atoms with Gasteiger partial charge in [0, 0.05) is 42.0 Å². The van der Waals surface area contributed by atoms with E-state index in [2.05, 4.69) is 31.1 Å². The monoisotopic (exact) mass is 416 g/mol. The average Bonchev–Trinajstić information content (AvgIpc) is 3.01. The number of fused-ring (bicyclic) bond motifs is 1. The molecule has 7 heteroatoms. The Balaban J connectivity index is 1.21. The van der Waals surface area contributed by atoms with Crippen LogP contribution < -0.4 is 5.32 Å². The molecule has 5 rings (SSSR count). The van der Waals surface area contributed by atoms with Gasteiger partial charge in [-0.2, -0.15) is 5.26 Å². The number of hydrogen-bond donors (Lipinski definition) is 1. The van der Waals surface area contributed by atoms with Crippen molar-refractivity contribution in [3.63, 3.8) is 0 Å². The fraction of sp³-hybridized carbons (Fsp3) is 0.579. The van der Waals surface area contributed by atoms with Gasteiger partial charge < -0.3 is 14.5 Å². The number of aromatic nitrogens is 1. The number of ether oxygens (including phenoxy) is 1. The van der Waals surface area contributed by atoms with Gasteiger partial charge in [-0.15, -0.1) is 0 Å². The summed E-state index contributed by atoms with van der Waals surface area (Å²) in [5, 5.41) is 13.5. The lowest BCUT2D eigenvalue weighted by Crippen LogP contribution is -2.68. The minimum Gasteiger partial charge on any atom is -0.444 e. The van der Waals surface area contributed by atoms with E-state index in [9.17, 15) is 0 Å². The molecule has 3 aliphatic rings. The number of nitrogens with one attached hydrogen (secondary N) is 1. The van der Waals surface area contributed by atoms with Crippen LogP contribution in [0.25, 0.3) is 11.0 Å². The number of pyridine rings is 1. The van der Waals surface area contributed by atoms with Crippen LogP contribution in [0.2, 0.25) is 0 Å². The van der Waals surface area contributed by atoms with Crippen molar-refractivity contribution in [2.75, 3.05) is 31.6 Å². The van der Waals surface area contributed by atoms with Crippen molar-refractivity contribution >= 4 is 32.7 Å². The molecule has 1 spiro atoms. The summed E-state index contributed by atoms with van der Waals surface area (Å²) in [6.07, 6.45) is 6.48. The lowest BCUT2D eigenvalue weighted by Gasteiger charge is -2.58. The van der Waals surface area contributed by atoms with Crippen LogP contribution in [0.15, 0.2) is 21.2 Å². The fourth-order valence-corrected chi connectivity index (χ4v) is 5.09. The largest absolute Gasteiger partial charge is 0.444 e. The van der Waals surface area contributed by atoms with Crippen LogP contribution in [0.5, 0.6) is 0 Å². The van der Waals surface area contributed by atoms with Crippen LogP contribution >= 0.6 is 15.9 Å². The minimum absolute atomic E-state index is 0.310. The summed E-state index contributed by atoms with van der Waals surface area (Å²) in [6.45, 7) is 4.37. The first-order chi connectivity index (χ1) is 12.7. The van der Waals surface area contributed by atoms with Gasteiger partial charge in [0.1, 0.15) is 11.9 Å². The van der Waals surface area contributed by atoms with Crippen molar-refractivity contribution in [1.82, 2.24) is 9.88 Å². The number of likely N-dealkylation sites (tertiary alicyclic amines) is 1. The van der Waals surface area contributed by atoms with E-state index in [0.29, 0.717) is 22.8 Å². The van der Waals surface area contributed by atoms with Gasteiger partial charge in [-0.3, -0.25) is 4.90 Å². The van der Waals surface area contributed by atoms with E-state index in [1.165, 1.54) is 25.9 Å². The number of hydrogen-bond acceptors (Lipinski definition) is 6. The highest BCUT2D eigenvalue weighted by atomic mass is 79.9. The highest BCUT2D eigenvalue weighted by Gasteiger charge is 2.50. The van der Waals surface area contributed by atoms with E-state index in [1.54, 1.807) is 12.3 Å². The summed E-state index contributed by atoms with van der Waals surface area (Å²) >= 11 is 3.62. The second-order valence-corrected chi connectivity index (χ2v) is 8.76. The second-order valence-electron chi connectivity index (χ2n) is 7.97. The van der Waals surface area contributed by atoms with E-state index in [-0.39, 0.29) is 0 Å². The summed E-state index contributed by atoms with van der Waals surface area (Å²) < 4.78 is 11.7. The van der Waals surface area contributed by atoms with Crippen molar-refractivity contribution in [2.45, 2.75) is 37.8 Å². The highest BCUT2D eigenvalue weighted by molar-refractivity contribution is 9.10. The zero-order chi connectivity index (χ0) is 17.7. The van der Waals surface area contributed by atoms with Crippen LogP contribution in [0.3, 0.4) is 0 Å². The normalized spacial score (nSPS) is 27.7. The maximum Gasteiger partial charge on any atom is 0.204 e. The van der Waals surface area contributed by atoms with E-state index >= 15 is 0 Å². The van der Waals surface area contributed by atoms with Crippen LogP contribution in [0.4, 0.5) is 5.82 Å². The molecule has 2 aromatic heterocycles. The Kier molecular flexibility index (Phi) is 3.96. The number of rotatable bonds is 3. The van der Waals surface area contributed by atoms with Crippen molar-refractivity contribution in [3.05, 3.63) is 22.5 Å². The van der Waals surface area contributed by atoms with E-state index in [0.717, 1.165) is 47.8 Å². The molecule has 0 amide bonds. The van der Waals surface area contributed by atoms with Crippen LogP contribution in [-0.2, 0) is 4.74 Å². The van der Waals surface area contributed by atoms with Crippen molar-refractivity contribution in [3.8, 4) is 6.07 Å². The third kappa shape index (κ3) is 2.72. The second kappa shape index (κ2) is 6.22. The SMILES string of the molecule is N#Cc1cc2c(Br)c(NC3CCC(N4CC5(COC5)C4)CC3)ncc2o1. The first kappa shape index (κ1) is 16.5. The number of nitrogens with zero attached hydrogens (tertiary/aromatic N) is 3. The van der Waals surface area contributed by atoms with Crippen molar-refractivity contribution in [1.29, 1.82) is 5.26 Å². The van der Waals surface area contributed by atoms with Gasteiger partial charge >= 0.3 is 0 Å². The van der Waals surface area contributed by atoms with Crippen LogP contribution in [0, 0.1) is 16.7 Å². The summed E-state index contributed by atoms with van der Waals surface area (Å²) in [6, 6.07) is 4.96. The van der Waals surface area contributed by atoms with Gasteiger partial charge in [0.15, 0.2) is 5.58 Å². The highest BCUT2D eigenvalue weighted by Crippen LogP contribution is 2.41. The predicted molar refractivity (Wildman–Crippen MR) is 101 cm³/mol. The van der Waals surface area contributed by atoms with Gasteiger partial charge in [-0.1, -0.05) is 0 Å². The molecule has 3 fully saturated rings. The molecule has 6 nitrogen and oxygen atoms in total. The van der Waals surface area contributed by atoms with Crippen LogP contribution in [0.1, 0.15) is 31.4 Å². The van der Waals surface area contributed by atoms with Crippen LogP contribution in [-0.4, -0.2) is 48.3 Å². The quantitative estimate of drug-likeness (QED) is 0.824. The predicted octanol–water partition coefficient (Wildman–Crippen LogP) is 3.52. The number of halogens is 1. The van der Waals surface area contributed by atoms with Gasteiger partial charge in [0.25, 0.3) is 0 Å². The van der Waals surface area contributed by atoms with E-state index < -0.39 is 0 Å². The number of anilines is 1. The average molecular weight is 417 g/mol. The molecule has 0 bridgehead atoms. The van der Waals surface area contributed by atoms with Gasteiger partial charge in [-0.25, -0.2) is 4.98 Å². The standard InChI is InChI=1S/C19H21BrN4O2/c20-17-15-5-14(6-21)26-16(15)7-22-18(17)23-12-1-3-13(4-2-12)24-8-19(9-24)10-25-11-19/h5,7,12-13H,1-4,8-11H2,(H,22,23). The summed E-state index contributed by atoms with van der Waals surface area (Å²) in [5.41, 5.74) is 1.14. The molecule has 4 heterocycles. The zero-order valence-corrected chi connectivity index (χ0v) is 16.1. The Morgan fingerprint density at radius 1 is 1.27 bits per heavy atom. The summed E-state index contributed by atoms with van der Waals surface area (Å²) in [4.78, 5) is 7.13. The lowest BCUT2D eigenvalue weighted by molar-refractivity contribution is -0.200. The van der Waals surface area contributed by atoms with Gasteiger partial charge in [-0.05, 0) is 41.6 Å². The molecule has 0 atom stereocenters. The van der Waals surface area contributed by atoms with E-state index in [1.807, 2.05) is 6.07 Å². The van der Waals surface area contributed by atoms with Crippen molar-refractivity contribution < 1.29 is 9.15 Å². The smallest absolute Gasteiger partial charge is 0.204 e. The van der Waals surface area contributed by atoms with Crippen molar-refractivity contribution in [2.24, 2.45) is 5.41 Å². The first-order valence-electron chi connectivity index (χ1n) is 9.22. The third-order valence-electron chi connectivity index (χ3n) is 6.07. The molecular weight excluding hydrogens is 396 g/mol. The van der Waals surface area contributed by atoms with E-state index in [4.69, 9.17) is 14.4 Å². The Labute approximate surface area is 160 Å². The molecular formula is C19H21BrN4O2. The Hall–Kier alpha value is -1.62. The maximum atomic E-state index is 9.00. The molecule has 0 radical (unpaired) electrons. The molecule has 2 aromatic rings. The Morgan fingerprint density at radius 3 is 2.69 bits per heavy atom. The molecule has 0 unspecified atom stereocenters. The number of furan rings is 1. The fourth-order valence-electron chi connectivity index (χ4n) is 4.56. The zero-order valence-electron chi connectivity index (χ0n) is 14.5. The molecule has 0 aromatic carbocycles. The summed E-state index contributed by atoms with van der Waals surface area (Å²) in [7, 11) is 0. The first-order valence-corrected chi connectivity index (χ1v) is 10.0. The topological polar surface area (TPSA) is 74.3 Å². The molecule has 1 aliphatic carbocycles. The Bertz CT molecular complexity index is 870. The molecule has 136 valence electrons. The molecule has 1 N–H and O–H groups in total. The maximum absolute atomic E-state index is 9.00. The van der Waals surface area contributed by atoms with Gasteiger partial charge in [0.2, 0.25) is 5.76 Å². The summed E-state index contributed by atoms with van der Waals surface area (Å²) in [5.74, 6) is 1.14. The lowest BCUT2D eigenvalue weighted by atomic mass is 9.75. The van der Waals surface area contributed by atoms with Gasteiger partial charge in [0.05, 0.1) is 23.9 Å². The minimum atomic E-state index is 0.310.